The van der Waals surface area contributed by atoms with Gasteiger partial charge in [-0.25, -0.2) is 0 Å². The Kier molecular flexibility index (Phi) is 3.89. The Morgan fingerprint density at radius 3 is 2.67 bits per heavy atom. The summed E-state index contributed by atoms with van der Waals surface area (Å²) in [7, 11) is 0. The van der Waals surface area contributed by atoms with Gasteiger partial charge in [0.25, 0.3) is 0 Å². The highest BCUT2D eigenvalue weighted by molar-refractivity contribution is 6.30. The van der Waals surface area contributed by atoms with Crippen molar-refractivity contribution in [3.8, 4) is 0 Å². The first-order valence-electron chi connectivity index (χ1n) is 7.40. The summed E-state index contributed by atoms with van der Waals surface area (Å²) in [5, 5.41) is 6.52. The van der Waals surface area contributed by atoms with Crippen molar-refractivity contribution in [2.24, 2.45) is 5.92 Å². The molecule has 112 valence electrons. The summed E-state index contributed by atoms with van der Waals surface area (Å²) >= 11 is 5.92. The Hall–Kier alpha value is -1.55. The molecule has 1 aliphatic heterocycles. The van der Waals surface area contributed by atoms with Gasteiger partial charge >= 0.3 is 0 Å². The monoisotopic (exact) mass is 306 g/mol. The summed E-state index contributed by atoms with van der Waals surface area (Å²) in [6.07, 6.45) is 3.20. The largest absolute Gasteiger partial charge is 0.356 e. The van der Waals surface area contributed by atoms with E-state index in [1.54, 1.807) is 0 Å². The first kappa shape index (κ1) is 14.4. The van der Waals surface area contributed by atoms with Crippen LogP contribution in [0.4, 0.5) is 0 Å². The molecule has 1 atom stereocenters. The summed E-state index contributed by atoms with van der Waals surface area (Å²) in [6, 6.07) is 7.86. The Labute approximate surface area is 129 Å². The van der Waals surface area contributed by atoms with E-state index in [0.29, 0.717) is 19.5 Å². The van der Waals surface area contributed by atoms with Gasteiger partial charge in [-0.15, -0.1) is 0 Å². The third kappa shape index (κ3) is 3.21. The Morgan fingerprint density at radius 1 is 1.33 bits per heavy atom. The lowest BCUT2D eigenvalue weighted by molar-refractivity contribution is -0.132. The van der Waals surface area contributed by atoms with Gasteiger partial charge in [-0.1, -0.05) is 23.7 Å². The lowest BCUT2D eigenvalue weighted by Gasteiger charge is -2.23. The van der Waals surface area contributed by atoms with E-state index >= 15 is 0 Å². The van der Waals surface area contributed by atoms with Gasteiger partial charge in [-0.2, -0.15) is 0 Å². The number of carbonyl (C=O) groups is 2. The van der Waals surface area contributed by atoms with E-state index in [1.165, 1.54) is 5.56 Å². The molecule has 1 aliphatic carbocycles. The number of hydrogen-bond donors (Lipinski definition) is 2. The number of nitrogens with one attached hydrogen (secondary N) is 2. The summed E-state index contributed by atoms with van der Waals surface area (Å²) < 4.78 is 0. The minimum Gasteiger partial charge on any atom is -0.356 e. The molecule has 0 aromatic heterocycles. The molecule has 5 heteroatoms. The van der Waals surface area contributed by atoms with Gasteiger partial charge in [0.05, 0.1) is 0 Å². The number of amides is 2. The van der Waals surface area contributed by atoms with Crippen molar-refractivity contribution in [1.82, 2.24) is 10.6 Å². The van der Waals surface area contributed by atoms with Crippen molar-refractivity contribution in [3.05, 3.63) is 34.9 Å². The number of benzene rings is 1. The van der Waals surface area contributed by atoms with Crippen molar-refractivity contribution in [2.75, 3.05) is 13.1 Å². The van der Waals surface area contributed by atoms with Crippen molar-refractivity contribution < 1.29 is 9.59 Å². The van der Waals surface area contributed by atoms with Crippen LogP contribution in [0.25, 0.3) is 0 Å². The highest BCUT2D eigenvalue weighted by atomic mass is 35.5. The van der Waals surface area contributed by atoms with E-state index in [4.69, 9.17) is 11.6 Å². The lowest BCUT2D eigenvalue weighted by atomic mass is 9.94. The predicted molar refractivity (Wildman–Crippen MR) is 81.1 cm³/mol. The zero-order valence-corrected chi connectivity index (χ0v) is 12.6. The van der Waals surface area contributed by atoms with Crippen molar-refractivity contribution in [1.29, 1.82) is 0 Å². The maximum absolute atomic E-state index is 12.2. The summed E-state index contributed by atoms with van der Waals surface area (Å²) in [5.41, 5.74) is 1.30. The van der Waals surface area contributed by atoms with Gasteiger partial charge in [-0.3, -0.25) is 9.59 Å². The highest BCUT2D eigenvalue weighted by Gasteiger charge is 2.44. The molecule has 0 radical (unpaired) electrons. The quantitative estimate of drug-likeness (QED) is 0.894. The minimum absolute atomic E-state index is 0.00471. The second-order valence-corrected chi connectivity index (χ2v) is 6.48. The van der Waals surface area contributed by atoms with Crippen LogP contribution in [0.1, 0.15) is 31.2 Å². The van der Waals surface area contributed by atoms with E-state index in [1.807, 2.05) is 24.3 Å². The fourth-order valence-electron chi connectivity index (χ4n) is 2.93. The number of piperidine rings is 1. The number of rotatable bonds is 4. The summed E-state index contributed by atoms with van der Waals surface area (Å²) in [5.74, 6) is -0.204. The Balaban J connectivity index is 1.58. The molecule has 21 heavy (non-hydrogen) atoms. The molecule has 2 amide bonds. The van der Waals surface area contributed by atoms with E-state index in [0.717, 1.165) is 24.3 Å². The van der Waals surface area contributed by atoms with Crippen molar-refractivity contribution in [3.63, 3.8) is 0 Å². The summed E-state index contributed by atoms with van der Waals surface area (Å²) in [4.78, 5) is 23.5. The average molecular weight is 307 g/mol. The molecule has 1 unspecified atom stereocenters. The fourth-order valence-corrected chi connectivity index (χ4v) is 3.06. The van der Waals surface area contributed by atoms with Gasteiger partial charge in [0, 0.05) is 35.9 Å². The number of hydrogen-bond acceptors (Lipinski definition) is 2. The normalized spacial score (nSPS) is 23.3. The van der Waals surface area contributed by atoms with Crippen LogP contribution in [0.3, 0.4) is 0 Å². The molecule has 0 spiro atoms. The Morgan fingerprint density at radius 2 is 2.05 bits per heavy atom. The predicted octanol–water partition coefficient (Wildman–Crippen LogP) is 2.01. The minimum atomic E-state index is -0.181. The molecule has 1 saturated carbocycles. The fraction of sp³-hybridized carbons (Fsp3) is 0.500. The van der Waals surface area contributed by atoms with Gasteiger partial charge in [0.2, 0.25) is 11.8 Å². The molecule has 1 aromatic rings. The van der Waals surface area contributed by atoms with Crippen LogP contribution in [0.15, 0.2) is 24.3 Å². The SMILES string of the molecule is O=C1CC(C(=O)NCC2(c3ccc(Cl)cc3)CC2)CCN1. The smallest absolute Gasteiger partial charge is 0.223 e. The van der Waals surface area contributed by atoms with E-state index in [9.17, 15) is 9.59 Å². The molecule has 2 fully saturated rings. The molecule has 2 aliphatic rings. The number of carbonyl (C=O) groups excluding carboxylic acids is 2. The zero-order valence-electron chi connectivity index (χ0n) is 11.8. The Bertz CT molecular complexity index is 552. The van der Waals surface area contributed by atoms with E-state index in [-0.39, 0.29) is 23.1 Å². The third-order valence-corrected chi connectivity index (χ3v) is 4.78. The maximum Gasteiger partial charge on any atom is 0.223 e. The van der Waals surface area contributed by atoms with Gasteiger partial charge in [0.1, 0.15) is 0 Å². The average Bonchev–Trinajstić information content (AvgIpc) is 3.27. The molecular weight excluding hydrogens is 288 g/mol. The molecule has 3 rings (SSSR count). The van der Waals surface area contributed by atoms with Crippen LogP contribution < -0.4 is 10.6 Å². The van der Waals surface area contributed by atoms with Crippen LogP contribution in [0.5, 0.6) is 0 Å². The maximum atomic E-state index is 12.2. The third-order valence-electron chi connectivity index (χ3n) is 4.53. The van der Waals surface area contributed by atoms with Gasteiger partial charge in [-0.05, 0) is 37.0 Å². The standard InChI is InChI=1S/C16H19ClN2O2/c17-13-3-1-12(2-4-13)16(6-7-16)10-19-15(21)11-5-8-18-14(20)9-11/h1-4,11H,5-10H2,(H,18,20)(H,19,21). The van der Waals surface area contributed by atoms with Gasteiger partial charge in [0.15, 0.2) is 0 Å². The molecule has 1 heterocycles. The molecular formula is C16H19ClN2O2. The molecule has 2 N–H and O–H groups in total. The zero-order chi connectivity index (χ0) is 14.9. The van der Waals surface area contributed by atoms with Crippen LogP contribution in [-0.2, 0) is 15.0 Å². The topological polar surface area (TPSA) is 58.2 Å². The summed E-state index contributed by atoms with van der Waals surface area (Å²) in [6.45, 7) is 1.24. The number of halogens is 1. The first-order valence-corrected chi connectivity index (χ1v) is 7.77. The highest BCUT2D eigenvalue weighted by Crippen LogP contribution is 2.47. The second kappa shape index (κ2) is 5.68. The molecule has 1 saturated heterocycles. The molecule has 4 nitrogen and oxygen atoms in total. The van der Waals surface area contributed by atoms with Crippen molar-refractivity contribution in [2.45, 2.75) is 31.1 Å². The molecule has 1 aromatic carbocycles. The van der Waals surface area contributed by atoms with Crippen LogP contribution in [-0.4, -0.2) is 24.9 Å². The van der Waals surface area contributed by atoms with Crippen LogP contribution in [0, 0.1) is 5.92 Å². The van der Waals surface area contributed by atoms with Gasteiger partial charge < -0.3 is 10.6 Å². The van der Waals surface area contributed by atoms with E-state index < -0.39 is 0 Å². The lowest BCUT2D eigenvalue weighted by Crippen LogP contribution is -2.43. The van der Waals surface area contributed by atoms with Crippen molar-refractivity contribution >= 4 is 23.4 Å². The molecule has 0 bridgehead atoms. The van der Waals surface area contributed by atoms with Crippen LogP contribution >= 0.6 is 11.6 Å². The first-order chi connectivity index (χ1) is 10.1. The van der Waals surface area contributed by atoms with Crippen LogP contribution in [0.2, 0.25) is 5.02 Å². The van der Waals surface area contributed by atoms with E-state index in [2.05, 4.69) is 10.6 Å². The second-order valence-electron chi connectivity index (χ2n) is 6.04.